The third-order valence-electron chi connectivity index (χ3n) is 3.86. The molecule has 8 heteroatoms. The number of hydrogen-bond donors (Lipinski definition) is 0. The number of halogens is 2. The molecule has 2 aromatic carbocycles. The van der Waals surface area contributed by atoms with E-state index in [4.69, 9.17) is 4.74 Å². The molecule has 0 fully saturated rings. The van der Waals surface area contributed by atoms with E-state index in [9.17, 15) is 18.4 Å². The van der Waals surface area contributed by atoms with Crippen molar-refractivity contribution in [3.63, 3.8) is 0 Å². The predicted molar refractivity (Wildman–Crippen MR) is 97.4 cm³/mol. The van der Waals surface area contributed by atoms with Gasteiger partial charge < -0.3 is 9.30 Å². The van der Waals surface area contributed by atoms with E-state index in [2.05, 4.69) is 4.99 Å². The Labute approximate surface area is 157 Å². The quantitative estimate of drug-likeness (QED) is 0.640. The molecular weight excluding hydrogens is 374 g/mol. The molecule has 0 bridgehead atoms. The number of rotatable bonds is 4. The lowest BCUT2D eigenvalue weighted by atomic mass is 10.1. The highest BCUT2D eigenvalue weighted by Gasteiger charge is 2.17. The normalized spacial score (nSPS) is 11.8. The van der Waals surface area contributed by atoms with E-state index in [0.29, 0.717) is 5.56 Å². The van der Waals surface area contributed by atoms with E-state index in [1.54, 1.807) is 38.1 Å². The Morgan fingerprint density at radius 3 is 2.67 bits per heavy atom. The van der Waals surface area contributed by atoms with Gasteiger partial charge in [-0.15, -0.1) is 0 Å². The molecule has 0 aliphatic carbocycles. The number of aromatic nitrogens is 1. The van der Waals surface area contributed by atoms with Gasteiger partial charge in [-0.2, -0.15) is 4.99 Å². The summed E-state index contributed by atoms with van der Waals surface area (Å²) in [6.07, 6.45) is 0. The number of ether oxygens (including phenoxy) is 1. The molecule has 1 amide bonds. The number of fused-ring (bicyclic) bond motifs is 1. The first-order valence-corrected chi connectivity index (χ1v) is 9.01. The highest BCUT2D eigenvalue weighted by atomic mass is 32.1. The van der Waals surface area contributed by atoms with Gasteiger partial charge in [0.25, 0.3) is 5.91 Å². The molecule has 5 nitrogen and oxygen atoms in total. The minimum Gasteiger partial charge on any atom is -0.465 e. The Hall–Kier alpha value is -2.87. The number of esters is 1. The molecule has 140 valence electrons. The molecule has 3 rings (SSSR count). The van der Waals surface area contributed by atoms with Crippen LogP contribution in [-0.4, -0.2) is 23.1 Å². The number of carbonyl (C=O) groups is 2. The molecule has 0 saturated heterocycles. The fourth-order valence-corrected chi connectivity index (χ4v) is 3.72. The average molecular weight is 390 g/mol. The third kappa shape index (κ3) is 3.95. The predicted octanol–water partition coefficient (Wildman–Crippen LogP) is 3.59. The van der Waals surface area contributed by atoms with Crippen molar-refractivity contribution in [2.75, 3.05) is 6.61 Å². The highest BCUT2D eigenvalue weighted by Crippen LogP contribution is 2.22. The maximum atomic E-state index is 14.3. The van der Waals surface area contributed by atoms with Gasteiger partial charge in [0.15, 0.2) is 10.6 Å². The van der Waals surface area contributed by atoms with Crippen molar-refractivity contribution in [3.05, 3.63) is 64.0 Å². The number of nitrogens with zero attached hydrogens (tertiary/aromatic N) is 2. The molecule has 0 aliphatic heterocycles. The van der Waals surface area contributed by atoms with Crippen LogP contribution in [0.5, 0.6) is 0 Å². The van der Waals surface area contributed by atoms with Crippen molar-refractivity contribution in [2.45, 2.75) is 20.4 Å². The van der Waals surface area contributed by atoms with E-state index in [0.717, 1.165) is 29.0 Å². The molecular formula is C19H16F2N2O3S. The molecule has 3 aromatic rings. The lowest BCUT2D eigenvalue weighted by molar-refractivity contribution is -0.143. The minimum absolute atomic E-state index is 0.00536. The Balaban J connectivity index is 2.19. The van der Waals surface area contributed by atoms with Gasteiger partial charge in [0, 0.05) is 11.6 Å². The monoisotopic (exact) mass is 390 g/mol. The largest absolute Gasteiger partial charge is 0.465 e. The van der Waals surface area contributed by atoms with E-state index in [1.807, 2.05) is 0 Å². The lowest BCUT2D eigenvalue weighted by Gasteiger charge is -2.06. The van der Waals surface area contributed by atoms with Crippen molar-refractivity contribution in [3.8, 4) is 0 Å². The first-order valence-electron chi connectivity index (χ1n) is 8.19. The average Bonchev–Trinajstić information content (AvgIpc) is 2.92. The second kappa shape index (κ2) is 7.79. The first-order chi connectivity index (χ1) is 12.9. The molecule has 1 heterocycles. The van der Waals surface area contributed by atoms with Crippen LogP contribution in [0.15, 0.2) is 41.4 Å². The number of thiazole rings is 1. The van der Waals surface area contributed by atoms with E-state index < -0.39 is 23.5 Å². The Morgan fingerprint density at radius 1 is 1.22 bits per heavy atom. The minimum atomic E-state index is -0.838. The second-order valence-electron chi connectivity index (χ2n) is 5.74. The van der Waals surface area contributed by atoms with Crippen molar-refractivity contribution >= 4 is 33.4 Å². The number of amides is 1. The van der Waals surface area contributed by atoms with Gasteiger partial charge in [0.2, 0.25) is 0 Å². The summed E-state index contributed by atoms with van der Waals surface area (Å²) in [5.41, 5.74) is 1.14. The number of carbonyl (C=O) groups excluding carboxylic acids is 2. The Bertz CT molecular complexity index is 1100. The van der Waals surface area contributed by atoms with Gasteiger partial charge in [-0.05, 0) is 31.5 Å². The zero-order valence-corrected chi connectivity index (χ0v) is 15.5. The maximum absolute atomic E-state index is 14.3. The van der Waals surface area contributed by atoms with Crippen LogP contribution in [-0.2, 0) is 16.1 Å². The van der Waals surface area contributed by atoms with Crippen molar-refractivity contribution in [1.29, 1.82) is 0 Å². The van der Waals surface area contributed by atoms with Crippen LogP contribution in [0, 0.1) is 18.6 Å². The topological polar surface area (TPSA) is 60.7 Å². The van der Waals surface area contributed by atoms with Crippen molar-refractivity contribution in [2.24, 2.45) is 4.99 Å². The van der Waals surface area contributed by atoms with E-state index in [-0.39, 0.29) is 28.2 Å². The summed E-state index contributed by atoms with van der Waals surface area (Å²) in [6.45, 7) is 3.25. The van der Waals surface area contributed by atoms with Gasteiger partial charge >= 0.3 is 5.97 Å². The Kier molecular flexibility index (Phi) is 5.46. The van der Waals surface area contributed by atoms with E-state index in [1.165, 1.54) is 4.57 Å². The zero-order chi connectivity index (χ0) is 19.6. The molecule has 0 saturated carbocycles. The van der Waals surface area contributed by atoms with Gasteiger partial charge in [-0.3, -0.25) is 9.59 Å². The van der Waals surface area contributed by atoms with Crippen LogP contribution in [0.4, 0.5) is 8.78 Å². The first kappa shape index (κ1) is 18.9. The van der Waals surface area contributed by atoms with E-state index >= 15 is 0 Å². The lowest BCUT2D eigenvalue weighted by Crippen LogP contribution is -2.23. The fraction of sp³-hybridized carbons (Fsp3) is 0.211. The molecule has 27 heavy (non-hydrogen) atoms. The highest BCUT2D eigenvalue weighted by molar-refractivity contribution is 7.16. The fourth-order valence-electron chi connectivity index (χ4n) is 2.66. The van der Waals surface area contributed by atoms with Crippen LogP contribution in [0.3, 0.4) is 0 Å². The summed E-state index contributed by atoms with van der Waals surface area (Å²) in [4.78, 5) is 28.7. The zero-order valence-electron chi connectivity index (χ0n) is 14.7. The van der Waals surface area contributed by atoms with Gasteiger partial charge in [-0.25, -0.2) is 8.78 Å². The summed E-state index contributed by atoms with van der Waals surface area (Å²) >= 11 is 0.929. The summed E-state index contributed by atoms with van der Waals surface area (Å²) < 4.78 is 34.3. The molecule has 0 atom stereocenters. The van der Waals surface area contributed by atoms with Gasteiger partial charge in [-0.1, -0.05) is 29.5 Å². The standard InChI is InChI=1S/C19H16F2N2O3S/c1-3-26-16(24)10-23-17-14(21)8-12(20)9-15(17)27-19(23)22-18(25)13-7-5-4-6-11(13)2/h4-9H,3,10H2,1-2H3. The van der Waals surface area contributed by atoms with Crippen molar-refractivity contribution in [1.82, 2.24) is 4.57 Å². The molecule has 0 radical (unpaired) electrons. The molecule has 0 unspecified atom stereocenters. The summed E-state index contributed by atoms with van der Waals surface area (Å²) in [6, 6.07) is 8.78. The second-order valence-corrected chi connectivity index (χ2v) is 6.75. The number of hydrogen-bond acceptors (Lipinski definition) is 4. The Morgan fingerprint density at radius 2 is 1.96 bits per heavy atom. The smallest absolute Gasteiger partial charge is 0.326 e. The van der Waals surface area contributed by atoms with Crippen LogP contribution < -0.4 is 4.80 Å². The van der Waals surface area contributed by atoms with Crippen molar-refractivity contribution < 1.29 is 23.1 Å². The van der Waals surface area contributed by atoms with Crippen LogP contribution >= 0.6 is 11.3 Å². The molecule has 0 N–H and O–H groups in total. The molecule has 1 aromatic heterocycles. The summed E-state index contributed by atoms with van der Waals surface area (Å²) in [7, 11) is 0. The molecule has 0 aliphatic rings. The summed E-state index contributed by atoms with van der Waals surface area (Å²) in [5.74, 6) is -2.72. The van der Waals surface area contributed by atoms with Crippen LogP contribution in [0.2, 0.25) is 0 Å². The van der Waals surface area contributed by atoms with Gasteiger partial charge in [0.1, 0.15) is 12.4 Å². The third-order valence-corrected chi connectivity index (χ3v) is 4.89. The number of aryl methyl sites for hydroxylation is 1. The maximum Gasteiger partial charge on any atom is 0.326 e. The van der Waals surface area contributed by atoms with Gasteiger partial charge in [0.05, 0.1) is 16.8 Å². The van der Waals surface area contributed by atoms with Crippen LogP contribution in [0.25, 0.3) is 10.2 Å². The SMILES string of the molecule is CCOC(=O)Cn1c(=NC(=O)c2ccccc2C)sc2cc(F)cc(F)c21. The molecule has 0 spiro atoms. The number of benzene rings is 2. The van der Waals surface area contributed by atoms with Crippen LogP contribution in [0.1, 0.15) is 22.8 Å². The summed E-state index contributed by atoms with van der Waals surface area (Å²) in [5, 5.41) is 0.